The van der Waals surface area contributed by atoms with Crippen molar-refractivity contribution in [1.29, 1.82) is 5.26 Å². The van der Waals surface area contributed by atoms with Crippen LogP contribution >= 0.6 is 0 Å². The van der Waals surface area contributed by atoms with Gasteiger partial charge in [0.25, 0.3) is 23.6 Å². The Morgan fingerprint density at radius 2 is 1.14 bits per heavy atom. The monoisotopic (exact) mass is 507 g/mol. The summed E-state index contributed by atoms with van der Waals surface area (Å²) in [6, 6.07) is 14.7. The molecular formula is C26H25N3O8. The van der Waals surface area contributed by atoms with Gasteiger partial charge in [-0.25, -0.2) is 9.80 Å². The summed E-state index contributed by atoms with van der Waals surface area (Å²) >= 11 is 0. The van der Waals surface area contributed by atoms with Crippen molar-refractivity contribution < 1.29 is 38.3 Å². The lowest BCUT2D eigenvalue weighted by atomic mass is 10.1. The summed E-state index contributed by atoms with van der Waals surface area (Å²) in [7, 11) is 0. The number of benzene rings is 2. The maximum atomic E-state index is 11.9. The number of rotatable bonds is 2. The van der Waals surface area contributed by atoms with Crippen molar-refractivity contribution >= 4 is 41.8 Å². The predicted octanol–water partition coefficient (Wildman–Crippen LogP) is 2.76. The first kappa shape index (κ1) is 30.1. The molecule has 2 aromatic rings. The van der Waals surface area contributed by atoms with Crippen molar-refractivity contribution in [2.24, 2.45) is 0 Å². The molecule has 2 heterocycles. The highest BCUT2D eigenvalue weighted by Gasteiger charge is 2.39. The molecule has 0 N–H and O–H groups in total. The van der Waals surface area contributed by atoms with Gasteiger partial charge in [-0.3, -0.25) is 28.8 Å². The Hall–Kier alpha value is -4.98. The molecule has 0 radical (unpaired) electrons. The van der Waals surface area contributed by atoms with Crippen molar-refractivity contribution in [2.45, 2.75) is 40.8 Å². The Morgan fingerprint density at radius 3 is 1.41 bits per heavy atom. The molecule has 4 rings (SSSR count). The first-order chi connectivity index (χ1) is 17.5. The number of esters is 1. The molecule has 0 saturated heterocycles. The van der Waals surface area contributed by atoms with Gasteiger partial charge >= 0.3 is 5.97 Å². The van der Waals surface area contributed by atoms with Crippen LogP contribution in [0.5, 0.6) is 0 Å². The molecule has 0 saturated carbocycles. The van der Waals surface area contributed by atoms with E-state index in [1.165, 1.54) is 34.6 Å². The molecule has 0 bridgehead atoms. The fourth-order valence-corrected chi connectivity index (χ4v) is 3.31. The van der Waals surface area contributed by atoms with Crippen LogP contribution in [0.3, 0.4) is 0 Å². The van der Waals surface area contributed by atoms with Crippen molar-refractivity contribution in [3.05, 3.63) is 70.8 Å². The van der Waals surface area contributed by atoms with E-state index in [-0.39, 0.29) is 0 Å². The van der Waals surface area contributed by atoms with Gasteiger partial charge in [-0.2, -0.15) is 5.26 Å². The average molecular weight is 507 g/mol. The maximum absolute atomic E-state index is 11.9. The molecule has 37 heavy (non-hydrogen) atoms. The second-order valence-corrected chi connectivity index (χ2v) is 7.20. The quantitative estimate of drug-likeness (QED) is 0.338. The summed E-state index contributed by atoms with van der Waals surface area (Å²) in [4.78, 5) is 79.2. The Morgan fingerprint density at radius 1 is 0.838 bits per heavy atom. The van der Waals surface area contributed by atoms with E-state index in [2.05, 4.69) is 0 Å². The van der Waals surface area contributed by atoms with Crippen molar-refractivity contribution in [3.63, 3.8) is 0 Å². The second-order valence-electron chi connectivity index (χ2n) is 7.20. The summed E-state index contributed by atoms with van der Waals surface area (Å²) < 4.78 is 4.85. The fraction of sp³-hybridized carbons (Fsp3) is 0.231. The van der Waals surface area contributed by atoms with E-state index in [1.54, 1.807) is 54.6 Å². The van der Waals surface area contributed by atoms with E-state index in [1.807, 2.05) is 0 Å². The molecule has 2 aromatic carbocycles. The number of hydrogen-bond acceptors (Lipinski definition) is 9. The number of imide groups is 4. The molecule has 11 nitrogen and oxygen atoms in total. The number of hydrogen-bond donors (Lipinski definition) is 0. The summed E-state index contributed by atoms with van der Waals surface area (Å²) in [5.41, 5.74) is 1.29. The Bertz CT molecular complexity index is 1210. The summed E-state index contributed by atoms with van der Waals surface area (Å²) in [6.07, 6.45) is -0.139. The number of carbonyl (C=O) groups is 7. The molecule has 11 heteroatoms. The van der Waals surface area contributed by atoms with Crippen LogP contribution in [-0.4, -0.2) is 57.8 Å². The van der Waals surface area contributed by atoms with Gasteiger partial charge in [0.05, 0.1) is 28.3 Å². The standard InChI is InChI=1S/C12H11NO4.C10H7NO3.C2H3N.C2H4O/c1-7(17-8(2)14)13-11(15)9-5-3-4-6-10(9)12(13)16;1-6(12)11-9(13)7-4-2-3-5-8(7)10(11)14;2*1-2-3/h3-7H,1-2H3;2-5H,1H3;1H3;2H,1H3. The molecule has 0 aromatic heterocycles. The third-order valence-electron chi connectivity index (χ3n) is 4.63. The topological polar surface area (TPSA) is 159 Å². The third kappa shape index (κ3) is 7.02. The molecule has 2 aliphatic rings. The Labute approximate surface area is 213 Å². The molecule has 1 unspecified atom stereocenters. The number of aldehydes is 1. The van der Waals surface area contributed by atoms with Gasteiger partial charge in [0, 0.05) is 20.8 Å². The smallest absolute Gasteiger partial charge is 0.304 e. The first-order valence-electron chi connectivity index (χ1n) is 10.8. The molecule has 0 aliphatic carbocycles. The zero-order valence-corrected chi connectivity index (χ0v) is 20.9. The van der Waals surface area contributed by atoms with Crippen LogP contribution in [0, 0.1) is 11.3 Å². The van der Waals surface area contributed by atoms with Gasteiger partial charge in [0.15, 0.2) is 6.23 Å². The van der Waals surface area contributed by atoms with Gasteiger partial charge in [0.2, 0.25) is 5.91 Å². The molecule has 2 aliphatic heterocycles. The van der Waals surface area contributed by atoms with Crippen LogP contribution in [0.15, 0.2) is 48.5 Å². The highest BCUT2D eigenvalue weighted by Crippen LogP contribution is 2.25. The van der Waals surface area contributed by atoms with E-state index in [0.29, 0.717) is 27.2 Å². The number of ether oxygens (including phenoxy) is 1. The van der Waals surface area contributed by atoms with Crippen molar-refractivity contribution in [2.75, 3.05) is 0 Å². The lowest BCUT2D eigenvalue weighted by Crippen LogP contribution is -2.40. The Kier molecular flexibility index (Phi) is 11.2. The highest BCUT2D eigenvalue weighted by molar-refractivity contribution is 6.28. The van der Waals surface area contributed by atoms with Crippen molar-refractivity contribution in [3.8, 4) is 6.07 Å². The lowest BCUT2D eigenvalue weighted by Gasteiger charge is -2.21. The molecular weight excluding hydrogens is 482 g/mol. The van der Waals surface area contributed by atoms with Gasteiger partial charge < -0.3 is 9.53 Å². The van der Waals surface area contributed by atoms with Gasteiger partial charge in [0.1, 0.15) is 6.29 Å². The van der Waals surface area contributed by atoms with Gasteiger partial charge in [-0.15, -0.1) is 0 Å². The normalized spacial score (nSPS) is 13.3. The predicted molar refractivity (Wildman–Crippen MR) is 129 cm³/mol. The van der Waals surface area contributed by atoms with Crippen molar-refractivity contribution in [1.82, 2.24) is 9.80 Å². The first-order valence-corrected chi connectivity index (χ1v) is 10.8. The average Bonchev–Trinajstić information content (AvgIpc) is 3.25. The van der Waals surface area contributed by atoms with Crippen LogP contribution in [0.25, 0.3) is 0 Å². The second kappa shape index (κ2) is 13.8. The molecule has 192 valence electrons. The number of carbonyl (C=O) groups excluding carboxylic acids is 7. The zero-order valence-electron chi connectivity index (χ0n) is 20.9. The van der Waals surface area contributed by atoms with Crippen LogP contribution in [0.4, 0.5) is 0 Å². The minimum atomic E-state index is -0.889. The number of fused-ring (bicyclic) bond motifs is 2. The SMILES string of the molecule is CC#N.CC(=O)N1C(=O)c2ccccc2C1=O.CC(=O)OC(C)N1C(=O)c2ccccc2C1=O.CC=O. The molecule has 0 spiro atoms. The van der Waals surface area contributed by atoms with Gasteiger partial charge in [-0.05, 0) is 38.1 Å². The summed E-state index contributed by atoms with van der Waals surface area (Å²) in [5, 5.41) is 7.32. The molecule has 1 atom stereocenters. The van der Waals surface area contributed by atoms with Gasteiger partial charge in [-0.1, -0.05) is 24.3 Å². The summed E-state index contributed by atoms with van der Waals surface area (Å²) in [5.74, 6) is -3.00. The fourth-order valence-electron chi connectivity index (χ4n) is 3.31. The Balaban J connectivity index is 0.000000309. The van der Waals surface area contributed by atoms with Crippen LogP contribution in [0.2, 0.25) is 0 Å². The minimum Gasteiger partial charge on any atom is -0.441 e. The lowest BCUT2D eigenvalue weighted by molar-refractivity contribution is -0.150. The third-order valence-corrected chi connectivity index (χ3v) is 4.63. The number of nitrogens with zero attached hydrogens (tertiary/aromatic N) is 3. The van der Waals surface area contributed by atoms with E-state index in [4.69, 9.17) is 14.8 Å². The highest BCUT2D eigenvalue weighted by atomic mass is 16.6. The molecule has 5 amide bonds. The number of amides is 5. The minimum absolute atomic E-state index is 0.299. The largest absolute Gasteiger partial charge is 0.441 e. The zero-order chi connectivity index (χ0) is 28.3. The van der Waals surface area contributed by atoms with E-state index < -0.39 is 41.7 Å². The van der Waals surface area contributed by atoms with E-state index in [0.717, 1.165) is 11.2 Å². The van der Waals surface area contributed by atoms with E-state index in [9.17, 15) is 28.8 Å². The molecule has 0 fully saturated rings. The van der Waals surface area contributed by atoms with Crippen LogP contribution in [-0.2, 0) is 19.1 Å². The maximum Gasteiger partial charge on any atom is 0.304 e. The van der Waals surface area contributed by atoms with E-state index >= 15 is 0 Å². The van der Waals surface area contributed by atoms with Crippen LogP contribution in [0.1, 0.15) is 76.1 Å². The number of nitriles is 1. The van der Waals surface area contributed by atoms with Crippen LogP contribution < -0.4 is 0 Å². The summed E-state index contributed by atoms with van der Waals surface area (Å²) in [6.45, 7) is 6.79.